The molecule has 0 amide bonds. The van der Waals surface area contributed by atoms with Gasteiger partial charge < -0.3 is 0 Å². The highest BCUT2D eigenvalue weighted by molar-refractivity contribution is 5.77. The van der Waals surface area contributed by atoms with Crippen LogP contribution in [0, 0.1) is 63.2 Å². The van der Waals surface area contributed by atoms with Crippen LogP contribution in [0.5, 0.6) is 0 Å². The molecule has 8 aromatic carbocycles. The number of fused-ring (bicyclic) bond motifs is 4. The third-order valence-corrected chi connectivity index (χ3v) is 27.9. The molecule has 4 heterocycles. The molecule has 0 N–H and O–H groups in total. The van der Waals surface area contributed by atoms with E-state index in [1.54, 1.807) is 0 Å². The Morgan fingerprint density at radius 2 is 0.518 bits per heavy atom. The molecule has 0 bridgehead atoms. The minimum Gasteiger partial charge on any atom is -0.201 e. The number of rotatable bonds is 8. The number of hydrogen-bond acceptors (Lipinski definition) is 0. The zero-order chi connectivity index (χ0) is 85.5. The van der Waals surface area contributed by atoms with Gasteiger partial charge in [-0.3, -0.25) is 0 Å². The van der Waals surface area contributed by atoms with E-state index in [4.69, 9.17) is 11.0 Å². The maximum absolute atomic E-state index is 9.12. The van der Waals surface area contributed by atoms with E-state index in [0.29, 0.717) is 12.8 Å². The van der Waals surface area contributed by atoms with Crippen LogP contribution in [0.1, 0.15) is 217 Å². The Hall–Kier alpha value is -9.64. The average Bonchev–Trinajstić information content (AvgIpc) is 1.51. The normalized spacial score (nSPS) is 20.4. The molecule has 114 heavy (non-hydrogen) atoms. The summed E-state index contributed by atoms with van der Waals surface area (Å²) in [5.74, 6) is 0. The van der Waals surface area contributed by atoms with E-state index in [1.807, 2.05) is 0 Å². The predicted molar refractivity (Wildman–Crippen MR) is 474 cm³/mol. The first kappa shape index (κ1) is 67.7. The van der Waals surface area contributed by atoms with Gasteiger partial charge >= 0.3 is 0 Å². The molecule has 0 atom stereocenters. The molecule has 4 saturated carbocycles. The van der Waals surface area contributed by atoms with Crippen LogP contribution in [0.25, 0.3) is 89.5 Å². The SMILES string of the molecule is [2H]C1([2H])CC2(CCCC2)Cc2ccc(-c3cc[n+](C)c(-c4ccccc4C)c3)cc21.[2H]C1([2H])CC2(CCCCC2)Cc2ccc(-c3cc[n+](C)c(-c4ccccc4C)c3)cc21.[2H]C1([2H])c2cc(-c3cc(-c4ccccc4C)[n+](C)cc3C)ccc2CC12CCCC2.[2H]C1([2H])c2cc(-c3cc(-c4ccccc4C)[n+](C)cc3C)ccc2CC12CCCCC2. The van der Waals surface area contributed by atoms with Crippen LogP contribution in [0.15, 0.2) is 231 Å². The van der Waals surface area contributed by atoms with Crippen molar-refractivity contribution < 1.29 is 29.2 Å². The Morgan fingerprint density at radius 1 is 0.237 bits per heavy atom. The van der Waals surface area contributed by atoms with Gasteiger partial charge in [0.1, 0.15) is 28.2 Å². The zero-order valence-electron chi connectivity index (χ0n) is 77.7. The first-order valence-corrected chi connectivity index (χ1v) is 43.2. The maximum atomic E-state index is 9.12. The lowest BCUT2D eigenvalue weighted by Gasteiger charge is -2.41. The van der Waals surface area contributed by atoms with Crippen molar-refractivity contribution in [1.82, 2.24) is 0 Å². The number of aromatic nitrogens is 4. The average molecular weight is 1510 g/mol. The van der Waals surface area contributed by atoms with Gasteiger partial charge in [0.15, 0.2) is 24.8 Å². The summed E-state index contributed by atoms with van der Waals surface area (Å²) in [7, 11) is 8.37. The zero-order valence-corrected chi connectivity index (χ0v) is 69.7. The van der Waals surface area contributed by atoms with E-state index >= 15 is 0 Å². The van der Waals surface area contributed by atoms with Crippen molar-refractivity contribution in [1.29, 1.82) is 0 Å². The lowest BCUT2D eigenvalue weighted by Crippen LogP contribution is -2.31. The molecule has 580 valence electrons. The number of aryl methyl sites for hydroxylation is 12. The highest BCUT2D eigenvalue weighted by Crippen LogP contribution is 2.53. The highest BCUT2D eigenvalue weighted by atomic mass is 14.9. The van der Waals surface area contributed by atoms with Crippen molar-refractivity contribution in [2.24, 2.45) is 49.9 Å². The molecular weight excluding hydrogens is 1380 g/mol. The van der Waals surface area contributed by atoms with Gasteiger partial charge in [-0.1, -0.05) is 210 Å². The smallest absolute Gasteiger partial charge is 0.201 e. The molecule has 8 aliphatic carbocycles. The van der Waals surface area contributed by atoms with Crippen LogP contribution < -0.4 is 18.3 Å². The molecule has 8 aliphatic rings. The van der Waals surface area contributed by atoms with Crippen LogP contribution >= 0.6 is 0 Å². The van der Waals surface area contributed by atoms with E-state index in [9.17, 15) is 0 Å². The van der Waals surface area contributed by atoms with E-state index in [1.165, 1.54) is 176 Å². The fourth-order valence-corrected chi connectivity index (χ4v) is 21.3. The molecule has 20 rings (SSSR count). The van der Waals surface area contributed by atoms with Crippen molar-refractivity contribution in [3.05, 3.63) is 309 Å². The minimum atomic E-state index is -1.25. The molecule has 4 spiro atoms. The van der Waals surface area contributed by atoms with Gasteiger partial charge in [-0.25, -0.2) is 18.3 Å². The Labute approximate surface area is 694 Å². The van der Waals surface area contributed by atoms with E-state index < -0.39 is 25.5 Å². The predicted octanol–water partition coefficient (Wildman–Crippen LogP) is 25.4. The van der Waals surface area contributed by atoms with Crippen LogP contribution in [-0.2, 0) is 79.4 Å². The molecule has 4 fully saturated rings. The molecule has 0 radical (unpaired) electrons. The Bertz CT molecular complexity index is 5980. The summed E-state index contributed by atoms with van der Waals surface area (Å²) in [5, 5.41) is 0. The molecule has 0 unspecified atom stereocenters. The lowest BCUT2D eigenvalue weighted by molar-refractivity contribution is -0.660. The largest absolute Gasteiger partial charge is 0.213 e. The fourth-order valence-electron chi connectivity index (χ4n) is 21.3. The topological polar surface area (TPSA) is 15.5 Å². The monoisotopic (exact) mass is 1510 g/mol. The summed E-state index contributed by atoms with van der Waals surface area (Å²) in [5.41, 5.74) is 34.8. The van der Waals surface area contributed by atoms with Gasteiger partial charge in [0.2, 0.25) is 22.8 Å². The summed E-state index contributed by atoms with van der Waals surface area (Å²) in [6, 6.07) is 73.4. The number of hydrogen-bond donors (Lipinski definition) is 0. The molecule has 4 aromatic heterocycles. The fraction of sp³-hybridized carbons (Fsp3) is 0.382. The van der Waals surface area contributed by atoms with Crippen molar-refractivity contribution in [3.63, 3.8) is 0 Å². The number of nitrogens with zero attached hydrogens (tertiary/aromatic N) is 4. The van der Waals surface area contributed by atoms with E-state index in [-0.39, 0.29) is 21.7 Å². The van der Waals surface area contributed by atoms with Crippen molar-refractivity contribution in [2.45, 2.75) is 221 Å². The highest BCUT2D eigenvalue weighted by Gasteiger charge is 2.42. The Kier molecular flexibility index (Phi) is 19.3. The molecular formula is C110H124N4+4. The van der Waals surface area contributed by atoms with Gasteiger partial charge in [-0.05, 0) is 314 Å². The lowest BCUT2D eigenvalue weighted by atomic mass is 9.64. The maximum Gasteiger partial charge on any atom is 0.213 e. The molecule has 4 heteroatoms. The third-order valence-electron chi connectivity index (χ3n) is 27.9. The summed E-state index contributed by atoms with van der Waals surface area (Å²) in [6.07, 6.45) is 29.9. The van der Waals surface area contributed by atoms with Gasteiger partial charge in [-0.15, -0.1) is 0 Å². The molecule has 12 aromatic rings. The van der Waals surface area contributed by atoms with E-state index in [0.717, 1.165) is 133 Å². The second-order valence-electron chi connectivity index (χ2n) is 36.1. The van der Waals surface area contributed by atoms with Gasteiger partial charge in [0.25, 0.3) is 0 Å². The number of pyridine rings is 4. The van der Waals surface area contributed by atoms with Crippen LogP contribution in [0.2, 0.25) is 0 Å². The Balaban J connectivity index is 0.000000116. The van der Waals surface area contributed by atoms with Crippen LogP contribution in [0.4, 0.5) is 0 Å². The summed E-state index contributed by atoms with van der Waals surface area (Å²) in [6.45, 7) is 12.9. The quantitative estimate of drug-likeness (QED) is 0.135. The second kappa shape index (κ2) is 32.6. The first-order valence-electron chi connectivity index (χ1n) is 47.2. The van der Waals surface area contributed by atoms with Gasteiger partial charge in [0.05, 0.1) is 0 Å². The number of benzene rings is 8. The van der Waals surface area contributed by atoms with Crippen molar-refractivity contribution in [3.8, 4) is 89.5 Å². The first-order chi connectivity index (χ1) is 58.4. The summed E-state index contributed by atoms with van der Waals surface area (Å²) >= 11 is 0. The van der Waals surface area contributed by atoms with E-state index in [2.05, 4.69) is 319 Å². The van der Waals surface area contributed by atoms with Crippen molar-refractivity contribution >= 4 is 0 Å². The van der Waals surface area contributed by atoms with Crippen LogP contribution in [-0.4, -0.2) is 0 Å². The molecule has 0 aliphatic heterocycles. The standard InChI is InChI=1S/2C28H32N.2C27H30N/c1-20-9-5-6-10-25(20)27-16-26(21(2)19-29(27)3)22-11-12-23-17-28(18-24(23)15-22)13-7-4-8-14-28;1-21-8-4-5-9-26(21)27-19-24(13-17-29(27)2)22-10-11-25-20-28(14-6-3-7-15-28)16-12-23(25)18-22;1-19-8-4-5-9-24(19)26-15-25(20(2)18-28(26)3)21-10-11-22-16-27(12-6-7-13-27)17-23(22)14-21;1-20-7-3-4-8-25(20)26-18-23(12-16-28(26)2)21-9-10-24-19-27(13-5-6-14-27)15-11-22(24)17-21/h5-6,9-12,15-16,19H,4,7-8,13-14,17-18H2,1-3H3;4-5,8-11,13,17-19H,3,6-7,12,14-16,20H2,1-2H3;4-5,8-11,14-15,18H,6-7,12-13,16-17H2,1-3H3;3-4,7-10,12,16-18H,5-6,11,13-15,19H2,1-2H3/q4*+1/i18D2;12D2;17D2;11D2. The summed E-state index contributed by atoms with van der Waals surface area (Å²) in [4.78, 5) is 0. The van der Waals surface area contributed by atoms with Crippen LogP contribution in [0.3, 0.4) is 0 Å². The van der Waals surface area contributed by atoms with Gasteiger partial charge in [-0.2, -0.15) is 0 Å². The molecule has 0 saturated heterocycles. The summed E-state index contributed by atoms with van der Waals surface area (Å²) < 4.78 is 80.6. The molecule has 4 nitrogen and oxygen atoms in total. The third kappa shape index (κ3) is 16.0. The van der Waals surface area contributed by atoms with Gasteiger partial charge in [0, 0.05) is 80.7 Å². The van der Waals surface area contributed by atoms with Crippen molar-refractivity contribution in [2.75, 3.05) is 0 Å². The Morgan fingerprint density at radius 3 is 0.868 bits per heavy atom. The minimum absolute atomic E-state index is 0.175. The second-order valence-corrected chi connectivity index (χ2v) is 36.1.